The number of sulfonamides is 1. The van der Waals surface area contributed by atoms with Gasteiger partial charge in [-0.2, -0.15) is 4.31 Å². The number of aromatic nitrogens is 1. The minimum Gasteiger partial charge on any atom is -0.467 e. The molecule has 0 saturated heterocycles. The number of benzene rings is 2. The van der Waals surface area contributed by atoms with Crippen LogP contribution in [0.2, 0.25) is 0 Å². The van der Waals surface area contributed by atoms with E-state index in [0.29, 0.717) is 34.2 Å². The Kier molecular flexibility index (Phi) is 9.44. The number of hydrogen-bond donors (Lipinski definition) is 0. The number of nitrogens with zero attached hydrogens (tertiary/aromatic N) is 3. The molecule has 12 heteroatoms. The quantitative estimate of drug-likeness (QED) is 0.191. The van der Waals surface area contributed by atoms with Gasteiger partial charge in [0.2, 0.25) is 10.0 Å². The highest BCUT2D eigenvalue weighted by molar-refractivity contribution is 7.90. The van der Waals surface area contributed by atoms with Gasteiger partial charge in [-0.25, -0.2) is 21.8 Å². The van der Waals surface area contributed by atoms with Gasteiger partial charge < -0.3 is 4.42 Å². The van der Waals surface area contributed by atoms with Gasteiger partial charge in [0.05, 0.1) is 32.8 Å². The second-order valence-corrected chi connectivity index (χ2v) is 14.5. The van der Waals surface area contributed by atoms with E-state index in [1.54, 1.807) is 24.3 Å². The number of amides is 1. The number of furan rings is 1. The van der Waals surface area contributed by atoms with Gasteiger partial charge >= 0.3 is 0 Å². The first-order valence-electron chi connectivity index (χ1n) is 13.1. The number of carbonyl (C=O) groups is 1. The van der Waals surface area contributed by atoms with Gasteiger partial charge in [0.1, 0.15) is 5.76 Å². The number of fused-ring (bicyclic) bond motifs is 1. The number of sulfone groups is 1. The molecule has 40 heavy (non-hydrogen) atoms. The van der Waals surface area contributed by atoms with Crippen LogP contribution in [0.25, 0.3) is 10.2 Å². The smallest absolute Gasteiger partial charge is 0.260 e. The molecule has 2 heterocycles. The Balaban J connectivity index is 1.66. The van der Waals surface area contributed by atoms with Crippen LogP contribution in [0.1, 0.15) is 55.6 Å². The average Bonchev–Trinajstić information content (AvgIpc) is 3.60. The topological polar surface area (TPSA) is 118 Å². The SMILES string of the molecule is CCCCN(CCCC)S(=O)(=O)c1ccc(C(=O)N(Cc2ccco2)c2nc3ccc(S(C)(=O)=O)cc3s2)cc1. The van der Waals surface area contributed by atoms with Crippen LogP contribution in [0.3, 0.4) is 0 Å². The molecule has 0 aliphatic carbocycles. The highest BCUT2D eigenvalue weighted by Gasteiger charge is 2.26. The van der Waals surface area contributed by atoms with E-state index in [2.05, 4.69) is 4.98 Å². The molecule has 4 aromatic rings. The third kappa shape index (κ3) is 6.80. The van der Waals surface area contributed by atoms with E-state index in [0.717, 1.165) is 31.9 Å². The van der Waals surface area contributed by atoms with Gasteiger partial charge in [-0.3, -0.25) is 9.69 Å². The van der Waals surface area contributed by atoms with Crippen LogP contribution in [0.5, 0.6) is 0 Å². The van der Waals surface area contributed by atoms with Crippen LogP contribution in [-0.2, 0) is 26.4 Å². The van der Waals surface area contributed by atoms with Gasteiger partial charge in [0, 0.05) is 24.9 Å². The lowest BCUT2D eigenvalue weighted by Crippen LogP contribution is -2.33. The predicted octanol–water partition coefficient (Wildman–Crippen LogP) is 5.73. The number of hydrogen-bond acceptors (Lipinski definition) is 8. The lowest BCUT2D eigenvalue weighted by molar-refractivity contribution is 0.0983. The van der Waals surface area contributed by atoms with Crippen molar-refractivity contribution in [2.24, 2.45) is 0 Å². The molecular weight excluding hydrogens is 571 g/mol. The number of unbranched alkanes of at least 4 members (excludes halogenated alkanes) is 2. The van der Waals surface area contributed by atoms with Crippen molar-refractivity contribution in [3.63, 3.8) is 0 Å². The van der Waals surface area contributed by atoms with Crippen LogP contribution >= 0.6 is 11.3 Å². The van der Waals surface area contributed by atoms with Crippen molar-refractivity contribution in [1.82, 2.24) is 9.29 Å². The lowest BCUT2D eigenvalue weighted by atomic mass is 10.2. The molecule has 0 fully saturated rings. The predicted molar refractivity (Wildman–Crippen MR) is 157 cm³/mol. The van der Waals surface area contributed by atoms with Crippen molar-refractivity contribution in [2.75, 3.05) is 24.2 Å². The van der Waals surface area contributed by atoms with Crippen molar-refractivity contribution in [3.05, 3.63) is 72.2 Å². The molecule has 1 amide bonds. The Morgan fingerprint density at radius 1 is 0.925 bits per heavy atom. The molecule has 4 rings (SSSR count). The molecule has 0 bridgehead atoms. The van der Waals surface area contributed by atoms with E-state index in [-0.39, 0.29) is 21.9 Å². The Morgan fingerprint density at radius 2 is 1.57 bits per heavy atom. The minimum absolute atomic E-state index is 0.0897. The monoisotopic (exact) mass is 603 g/mol. The summed E-state index contributed by atoms with van der Waals surface area (Å²) in [6, 6.07) is 14.1. The summed E-state index contributed by atoms with van der Waals surface area (Å²) in [6.07, 6.45) is 5.97. The molecule has 0 unspecified atom stereocenters. The van der Waals surface area contributed by atoms with Crippen molar-refractivity contribution < 1.29 is 26.0 Å². The second-order valence-electron chi connectivity index (χ2n) is 9.50. The summed E-state index contributed by atoms with van der Waals surface area (Å²) in [7, 11) is -7.11. The van der Waals surface area contributed by atoms with E-state index in [1.807, 2.05) is 13.8 Å². The van der Waals surface area contributed by atoms with Crippen LogP contribution in [0.15, 0.2) is 75.1 Å². The zero-order valence-electron chi connectivity index (χ0n) is 22.7. The standard InChI is InChI=1S/C28H33N3O6S3/c1-4-6-16-30(17-7-5-2)40(35,36)23-12-10-21(11-13-23)27(32)31(20-22-9-8-18-37-22)28-29-25-15-14-24(39(3,33)34)19-26(25)38-28/h8-15,18-19H,4-7,16-17,20H2,1-3H3. The maximum absolute atomic E-state index is 13.7. The molecule has 214 valence electrons. The first-order valence-corrected chi connectivity index (χ1v) is 17.2. The molecule has 0 aliphatic rings. The fourth-order valence-corrected chi connectivity index (χ4v) is 7.36. The van der Waals surface area contributed by atoms with Crippen LogP contribution < -0.4 is 4.90 Å². The summed E-state index contributed by atoms with van der Waals surface area (Å²) in [5.74, 6) is 0.141. The summed E-state index contributed by atoms with van der Waals surface area (Å²) in [4.78, 5) is 20.1. The molecule has 2 aromatic heterocycles. The lowest BCUT2D eigenvalue weighted by Gasteiger charge is -2.22. The van der Waals surface area contributed by atoms with Gasteiger partial charge in [0.25, 0.3) is 5.91 Å². The van der Waals surface area contributed by atoms with E-state index < -0.39 is 25.8 Å². The maximum atomic E-state index is 13.7. The van der Waals surface area contributed by atoms with Gasteiger partial charge in [-0.15, -0.1) is 0 Å². The molecule has 0 atom stereocenters. The highest BCUT2D eigenvalue weighted by Crippen LogP contribution is 2.32. The van der Waals surface area contributed by atoms with E-state index in [4.69, 9.17) is 4.42 Å². The molecule has 0 N–H and O–H groups in total. The molecule has 2 aromatic carbocycles. The molecule has 9 nitrogen and oxygen atoms in total. The molecule has 0 aliphatic heterocycles. The van der Waals surface area contributed by atoms with Crippen molar-refractivity contribution >= 4 is 52.5 Å². The third-order valence-corrected chi connectivity index (χ3v) is 10.5. The molecule has 0 spiro atoms. The van der Waals surface area contributed by atoms with Crippen LogP contribution in [0, 0.1) is 0 Å². The van der Waals surface area contributed by atoms with Gasteiger partial charge in [-0.05, 0) is 67.4 Å². The van der Waals surface area contributed by atoms with Crippen molar-refractivity contribution in [1.29, 1.82) is 0 Å². The van der Waals surface area contributed by atoms with E-state index in [9.17, 15) is 21.6 Å². The minimum atomic E-state index is -3.70. The molecular formula is C28H33N3O6S3. The summed E-state index contributed by atoms with van der Waals surface area (Å²) in [5.41, 5.74) is 0.848. The summed E-state index contributed by atoms with van der Waals surface area (Å²) in [6.45, 7) is 5.04. The normalized spacial score (nSPS) is 12.3. The molecule has 0 radical (unpaired) electrons. The van der Waals surface area contributed by atoms with Crippen LogP contribution in [-0.4, -0.2) is 51.4 Å². The number of anilines is 1. The zero-order valence-corrected chi connectivity index (χ0v) is 25.2. The first-order chi connectivity index (χ1) is 19.0. The van der Waals surface area contributed by atoms with E-state index >= 15 is 0 Å². The highest BCUT2D eigenvalue weighted by atomic mass is 32.2. The van der Waals surface area contributed by atoms with Crippen molar-refractivity contribution in [2.45, 2.75) is 55.9 Å². The summed E-state index contributed by atoms with van der Waals surface area (Å²) < 4.78 is 58.4. The van der Waals surface area contributed by atoms with Gasteiger partial charge in [0.15, 0.2) is 15.0 Å². The number of carbonyl (C=O) groups excluding carboxylic acids is 1. The fraction of sp³-hybridized carbons (Fsp3) is 0.357. The Bertz CT molecular complexity index is 1650. The zero-order chi connectivity index (χ0) is 28.9. The van der Waals surface area contributed by atoms with Crippen molar-refractivity contribution in [3.8, 4) is 0 Å². The Hall–Kier alpha value is -3.06. The molecule has 0 saturated carbocycles. The number of rotatable bonds is 13. The average molecular weight is 604 g/mol. The first kappa shape index (κ1) is 29.9. The van der Waals surface area contributed by atoms with Crippen LogP contribution in [0.4, 0.5) is 5.13 Å². The Morgan fingerprint density at radius 3 is 2.15 bits per heavy atom. The summed E-state index contributed by atoms with van der Waals surface area (Å²) in [5, 5.41) is 0.365. The second kappa shape index (κ2) is 12.6. The maximum Gasteiger partial charge on any atom is 0.260 e. The largest absolute Gasteiger partial charge is 0.467 e. The fourth-order valence-electron chi connectivity index (χ4n) is 4.12. The number of thiazole rings is 1. The Labute approximate surface area is 239 Å². The summed E-state index contributed by atoms with van der Waals surface area (Å²) >= 11 is 1.19. The van der Waals surface area contributed by atoms with Gasteiger partial charge in [-0.1, -0.05) is 38.0 Å². The van der Waals surface area contributed by atoms with E-state index in [1.165, 1.54) is 57.1 Å². The third-order valence-electron chi connectivity index (χ3n) is 6.41.